The van der Waals surface area contributed by atoms with Crippen molar-refractivity contribution in [1.82, 2.24) is 9.47 Å². The van der Waals surface area contributed by atoms with E-state index in [0.717, 1.165) is 31.1 Å². The van der Waals surface area contributed by atoms with E-state index in [1.54, 1.807) is 5.56 Å². The summed E-state index contributed by atoms with van der Waals surface area (Å²) in [5.41, 5.74) is 7.15. The van der Waals surface area contributed by atoms with E-state index in [2.05, 4.69) is 56.8 Å². The van der Waals surface area contributed by atoms with E-state index in [0.29, 0.717) is 6.04 Å². The molecule has 6 rings (SSSR count). The average molecular weight is 462 g/mol. The Labute approximate surface area is 203 Å². The maximum atomic E-state index is 6.59. The Morgan fingerprint density at radius 3 is 2.45 bits per heavy atom. The Balaban J connectivity index is 1.45. The monoisotopic (exact) mass is 461 g/mol. The van der Waals surface area contributed by atoms with Crippen molar-refractivity contribution in [2.45, 2.75) is 63.8 Å². The van der Waals surface area contributed by atoms with Crippen LogP contribution >= 0.6 is 11.6 Å². The van der Waals surface area contributed by atoms with Gasteiger partial charge in [-0.05, 0) is 75.0 Å². The molecule has 3 aliphatic rings. The Hall–Kier alpha value is -1.97. The lowest BCUT2D eigenvalue weighted by Gasteiger charge is -2.32. The third-order valence-corrected chi connectivity index (χ3v) is 8.51. The van der Waals surface area contributed by atoms with Gasteiger partial charge in [0, 0.05) is 52.9 Å². The summed E-state index contributed by atoms with van der Waals surface area (Å²) in [4.78, 5) is 5.28. The molecule has 0 bridgehead atoms. The summed E-state index contributed by atoms with van der Waals surface area (Å²) < 4.78 is 2.73. The van der Waals surface area contributed by atoms with Gasteiger partial charge in [-0.1, -0.05) is 55.5 Å². The number of halogens is 1. The first-order chi connectivity index (χ1) is 16.3. The lowest BCUT2D eigenvalue weighted by molar-refractivity contribution is 0.233. The van der Waals surface area contributed by atoms with Crippen molar-refractivity contribution >= 4 is 28.2 Å². The molecule has 3 nitrogen and oxygen atoms in total. The highest BCUT2D eigenvalue weighted by atomic mass is 35.5. The first-order valence-corrected chi connectivity index (χ1v) is 13.6. The summed E-state index contributed by atoms with van der Waals surface area (Å²) >= 11 is 6.59. The number of benzene rings is 2. The third-order valence-electron chi connectivity index (χ3n) is 8.28. The van der Waals surface area contributed by atoms with E-state index in [1.807, 2.05) is 0 Å². The van der Waals surface area contributed by atoms with Crippen molar-refractivity contribution < 1.29 is 0 Å². The van der Waals surface area contributed by atoms with Crippen molar-refractivity contribution in [3.05, 3.63) is 53.1 Å². The highest BCUT2D eigenvalue weighted by Gasteiger charge is 2.29. The number of rotatable bonds is 4. The van der Waals surface area contributed by atoms with Crippen molar-refractivity contribution in [1.29, 1.82) is 0 Å². The van der Waals surface area contributed by atoms with Gasteiger partial charge in [-0.2, -0.15) is 0 Å². The smallest absolute Gasteiger partial charge is 0.0548 e. The first kappa shape index (κ1) is 21.6. The van der Waals surface area contributed by atoms with Crippen molar-refractivity contribution in [3.8, 4) is 11.3 Å². The van der Waals surface area contributed by atoms with Crippen LogP contribution in [0.4, 0.5) is 5.69 Å². The molecule has 33 heavy (non-hydrogen) atoms. The molecule has 1 aromatic heterocycles. The summed E-state index contributed by atoms with van der Waals surface area (Å²) in [7, 11) is 0. The normalized spacial score (nSPS) is 20.0. The molecule has 3 heterocycles. The molecule has 0 spiro atoms. The van der Waals surface area contributed by atoms with E-state index in [1.165, 1.54) is 92.3 Å². The lowest BCUT2D eigenvalue weighted by Crippen LogP contribution is -2.38. The Bertz CT molecular complexity index is 1120. The molecule has 0 unspecified atom stereocenters. The number of hydrogen-bond acceptors (Lipinski definition) is 2. The Kier molecular flexibility index (Phi) is 6.11. The standard InChI is InChI=1S/C29H36ClN3/c30-22-13-14-26-28(21-22)32(20-19-31-16-7-2-8-17-31)18-15-25-24-11-5-6-12-27(24)33(29(25)26)23-9-3-1-4-10-23/h5-6,11-14,21,23H,1-4,7-10,15-20H2. The SMILES string of the molecule is Clc1ccc2c(c1)N(CCN1CCCCC1)CCc1c-2n(C2CCCCC2)c2ccccc12. The summed E-state index contributed by atoms with van der Waals surface area (Å²) in [5.74, 6) is 0. The van der Waals surface area contributed by atoms with Crippen LogP contribution in [0.3, 0.4) is 0 Å². The molecule has 1 aliphatic carbocycles. The number of nitrogens with zero attached hydrogens (tertiary/aromatic N) is 3. The Morgan fingerprint density at radius 2 is 1.61 bits per heavy atom. The van der Waals surface area contributed by atoms with Gasteiger partial charge in [0.1, 0.15) is 0 Å². The van der Waals surface area contributed by atoms with E-state index < -0.39 is 0 Å². The quantitative estimate of drug-likeness (QED) is 0.403. The predicted octanol–water partition coefficient (Wildman–Crippen LogP) is 7.32. The molecule has 0 amide bonds. The summed E-state index contributed by atoms with van der Waals surface area (Å²) in [6.45, 7) is 5.81. The fraction of sp³-hybridized carbons (Fsp3) is 0.517. The van der Waals surface area contributed by atoms with Crippen molar-refractivity contribution in [2.24, 2.45) is 0 Å². The minimum atomic E-state index is 0.607. The van der Waals surface area contributed by atoms with Crippen LogP contribution in [0.15, 0.2) is 42.5 Å². The van der Waals surface area contributed by atoms with Crippen LogP contribution in [0.2, 0.25) is 5.02 Å². The molecule has 0 N–H and O–H groups in total. The van der Waals surface area contributed by atoms with Crippen molar-refractivity contribution in [3.63, 3.8) is 0 Å². The second kappa shape index (κ2) is 9.35. The van der Waals surface area contributed by atoms with Crippen molar-refractivity contribution in [2.75, 3.05) is 37.6 Å². The van der Waals surface area contributed by atoms with E-state index in [9.17, 15) is 0 Å². The predicted molar refractivity (Wildman–Crippen MR) is 141 cm³/mol. The molecular weight excluding hydrogens is 426 g/mol. The van der Waals surface area contributed by atoms with Crippen LogP contribution in [0, 0.1) is 0 Å². The third kappa shape index (κ3) is 4.08. The molecular formula is C29H36ClN3. The number of likely N-dealkylation sites (tertiary alicyclic amines) is 1. The minimum Gasteiger partial charge on any atom is -0.369 e. The number of anilines is 1. The van der Waals surface area contributed by atoms with Gasteiger partial charge < -0.3 is 14.4 Å². The van der Waals surface area contributed by atoms with E-state index in [4.69, 9.17) is 11.6 Å². The second-order valence-corrected chi connectivity index (χ2v) is 10.7. The zero-order chi connectivity index (χ0) is 22.2. The Morgan fingerprint density at radius 1 is 0.818 bits per heavy atom. The van der Waals surface area contributed by atoms with Gasteiger partial charge in [0.25, 0.3) is 0 Å². The fourth-order valence-electron chi connectivity index (χ4n) is 6.61. The highest BCUT2D eigenvalue weighted by Crippen LogP contribution is 2.46. The largest absolute Gasteiger partial charge is 0.369 e. The van der Waals surface area contributed by atoms with Gasteiger partial charge in [0.15, 0.2) is 0 Å². The van der Waals surface area contributed by atoms with Crippen LogP contribution in [-0.2, 0) is 6.42 Å². The number of para-hydroxylation sites is 1. The number of fused-ring (bicyclic) bond motifs is 5. The van der Waals surface area contributed by atoms with Gasteiger partial charge in [0.05, 0.1) is 5.69 Å². The van der Waals surface area contributed by atoms with Gasteiger partial charge in [-0.15, -0.1) is 0 Å². The summed E-state index contributed by atoms with van der Waals surface area (Å²) in [6, 6.07) is 16.4. The molecule has 1 saturated carbocycles. The van der Waals surface area contributed by atoms with Gasteiger partial charge >= 0.3 is 0 Å². The topological polar surface area (TPSA) is 11.4 Å². The van der Waals surface area contributed by atoms with Crippen LogP contribution in [0.5, 0.6) is 0 Å². The molecule has 1 saturated heterocycles. The summed E-state index contributed by atoms with van der Waals surface area (Å²) in [5, 5.41) is 2.30. The number of hydrogen-bond donors (Lipinski definition) is 0. The molecule has 174 valence electrons. The molecule has 0 atom stereocenters. The van der Waals surface area contributed by atoms with E-state index >= 15 is 0 Å². The molecule has 2 aliphatic heterocycles. The molecule has 0 radical (unpaired) electrons. The van der Waals surface area contributed by atoms with Gasteiger partial charge in [-0.3, -0.25) is 0 Å². The zero-order valence-electron chi connectivity index (χ0n) is 19.7. The molecule has 3 aromatic rings. The van der Waals surface area contributed by atoms with Crippen LogP contribution < -0.4 is 4.90 Å². The fourth-order valence-corrected chi connectivity index (χ4v) is 6.77. The molecule has 2 fully saturated rings. The van der Waals surface area contributed by atoms with E-state index in [-0.39, 0.29) is 0 Å². The molecule has 4 heteroatoms. The van der Waals surface area contributed by atoms with Crippen LogP contribution in [0.25, 0.3) is 22.2 Å². The van der Waals surface area contributed by atoms with Gasteiger partial charge in [-0.25, -0.2) is 0 Å². The maximum Gasteiger partial charge on any atom is 0.0548 e. The second-order valence-electron chi connectivity index (χ2n) is 10.3. The number of aromatic nitrogens is 1. The van der Waals surface area contributed by atoms with Crippen LogP contribution in [0.1, 0.15) is 63.0 Å². The van der Waals surface area contributed by atoms with Gasteiger partial charge in [0.2, 0.25) is 0 Å². The molecule has 2 aromatic carbocycles. The zero-order valence-corrected chi connectivity index (χ0v) is 20.5. The van der Waals surface area contributed by atoms with Crippen LogP contribution in [-0.4, -0.2) is 42.2 Å². The average Bonchev–Trinajstić information content (AvgIpc) is 3.10. The summed E-state index contributed by atoms with van der Waals surface area (Å²) in [6.07, 6.45) is 11.9. The highest BCUT2D eigenvalue weighted by molar-refractivity contribution is 6.31. The maximum absolute atomic E-state index is 6.59. The lowest BCUT2D eigenvalue weighted by atomic mass is 9.94. The minimum absolute atomic E-state index is 0.607. The number of piperidine rings is 1. The first-order valence-electron chi connectivity index (χ1n) is 13.2.